The maximum absolute atomic E-state index is 12.1. The van der Waals surface area contributed by atoms with E-state index in [9.17, 15) is 4.79 Å². The van der Waals surface area contributed by atoms with Crippen molar-refractivity contribution in [1.29, 1.82) is 0 Å². The average molecular weight is 276 g/mol. The molecule has 1 aliphatic carbocycles. The molecule has 1 N–H and O–H groups in total. The number of rotatable bonds is 5. The first kappa shape index (κ1) is 13.8. The second kappa shape index (κ2) is 6.50. The number of aromatic nitrogens is 2. The minimum atomic E-state index is 0.281. The molecule has 0 amide bonds. The highest BCUT2D eigenvalue weighted by Crippen LogP contribution is 2.28. The van der Waals surface area contributed by atoms with E-state index in [-0.39, 0.29) is 5.78 Å². The predicted octanol–water partition coefficient (Wildman–Crippen LogP) is 1.01. The fourth-order valence-electron chi connectivity index (χ4n) is 3.22. The van der Waals surface area contributed by atoms with E-state index in [4.69, 9.17) is 0 Å². The van der Waals surface area contributed by atoms with E-state index in [1.54, 1.807) is 0 Å². The number of piperazine rings is 1. The molecule has 1 aromatic rings. The van der Waals surface area contributed by atoms with Gasteiger partial charge in [-0.3, -0.25) is 14.4 Å². The lowest BCUT2D eigenvalue weighted by Gasteiger charge is -2.26. The zero-order valence-corrected chi connectivity index (χ0v) is 12.1. The summed E-state index contributed by atoms with van der Waals surface area (Å²) in [6.45, 7) is 4.50. The van der Waals surface area contributed by atoms with Gasteiger partial charge in [0.2, 0.25) is 0 Å². The van der Waals surface area contributed by atoms with Crippen LogP contribution in [0.1, 0.15) is 37.4 Å². The minimum Gasteiger partial charge on any atom is -0.314 e. The normalized spacial score (nSPS) is 21.4. The third-order valence-electron chi connectivity index (χ3n) is 4.35. The first-order valence-electron chi connectivity index (χ1n) is 7.80. The molecule has 20 heavy (non-hydrogen) atoms. The van der Waals surface area contributed by atoms with E-state index in [0.717, 1.165) is 31.9 Å². The summed E-state index contributed by atoms with van der Waals surface area (Å²) in [5.74, 6) is 0.281. The first-order chi connectivity index (χ1) is 9.81. The van der Waals surface area contributed by atoms with E-state index < -0.39 is 0 Å². The van der Waals surface area contributed by atoms with Crippen molar-refractivity contribution in [2.24, 2.45) is 0 Å². The fourth-order valence-corrected chi connectivity index (χ4v) is 3.22. The Kier molecular flexibility index (Phi) is 4.47. The average Bonchev–Trinajstić information content (AvgIpc) is 3.10. The van der Waals surface area contributed by atoms with Crippen LogP contribution in [0.5, 0.6) is 0 Å². The zero-order chi connectivity index (χ0) is 13.8. The van der Waals surface area contributed by atoms with E-state index in [2.05, 4.69) is 20.0 Å². The Morgan fingerprint density at radius 3 is 2.80 bits per heavy atom. The van der Waals surface area contributed by atoms with Gasteiger partial charge in [-0.15, -0.1) is 0 Å². The van der Waals surface area contributed by atoms with Gasteiger partial charge in [-0.1, -0.05) is 12.8 Å². The molecule has 1 aromatic heterocycles. The molecule has 0 bridgehead atoms. The van der Waals surface area contributed by atoms with Crippen molar-refractivity contribution in [3.63, 3.8) is 0 Å². The molecule has 2 fully saturated rings. The molecule has 110 valence electrons. The number of carbonyl (C=O) groups excluding carboxylic acids is 1. The van der Waals surface area contributed by atoms with Gasteiger partial charge >= 0.3 is 0 Å². The molecule has 0 unspecified atom stereocenters. The van der Waals surface area contributed by atoms with Gasteiger partial charge in [0.15, 0.2) is 5.78 Å². The highest BCUT2D eigenvalue weighted by Gasteiger charge is 2.19. The third-order valence-corrected chi connectivity index (χ3v) is 4.35. The molecule has 0 atom stereocenters. The van der Waals surface area contributed by atoms with Gasteiger partial charge in [-0.05, 0) is 18.9 Å². The van der Waals surface area contributed by atoms with Gasteiger partial charge < -0.3 is 5.32 Å². The molecule has 0 aromatic carbocycles. The Balaban J connectivity index is 1.50. The van der Waals surface area contributed by atoms with Crippen molar-refractivity contribution >= 4 is 5.78 Å². The lowest BCUT2D eigenvalue weighted by Crippen LogP contribution is -2.45. The van der Waals surface area contributed by atoms with Crippen molar-refractivity contribution in [2.45, 2.75) is 38.1 Å². The SMILES string of the molecule is O=C(Cc1ccn(C2CCCC2)n1)CN1CCNCC1. The van der Waals surface area contributed by atoms with Gasteiger partial charge in [-0.2, -0.15) is 5.10 Å². The third kappa shape index (κ3) is 3.46. The van der Waals surface area contributed by atoms with Crippen molar-refractivity contribution in [2.75, 3.05) is 32.7 Å². The van der Waals surface area contributed by atoms with Crippen molar-refractivity contribution in [3.05, 3.63) is 18.0 Å². The zero-order valence-electron chi connectivity index (χ0n) is 12.1. The van der Waals surface area contributed by atoms with Crippen LogP contribution in [-0.4, -0.2) is 53.2 Å². The summed E-state index contributed by atoms with van der Waals surface area (Å²) in [5.41, 5.74) is 0.928. The van der Waals surface area contributed by atoms with Crippen molar-refractivity contribution in [3.8, 4) is 0 Å². The summed E-state index contributed by atoms with van der Waals surface area (Å²) in [6.07, 6.45) is 7.60. The molecule has 2 heterocycles. The highest BCUT2D eigenvalue weighted by atomic mass is 16.1. The second-order valence-corrected chi connectivity index (χ2v) is 5.97. The minimum absolute atomic E-state index is 0.281. The van der Waals surface area contributed by atoms with Crippen LogP contribution in [0.2, 0.25) is 0 Å². The molecular weight excluding hydrogens is 252 g/mol. The molecule has 3 rings (SSSR count). The monoisotopic (exact) mass is 276 g/mol. The largest absolute Gasteiger partial charge is 0.314 e. The van der Waals surface area contributed by atoms with Crippen molar-refractivity contribution in [1.82, 2.24) is 20.0 Å². The van der Waals surface area contributed by atoms with E-state index in [0.29, 0.717) is 19.0 Å². The van der Waals surface area contributed by atoms with Gasteiger partial charge in [0.25, 0.3) is 0 Å². The quantitative estimate of drug-likeness (QED) is 0.872. The number of nitrogens with zero attached hydrogens (tertiary/aromatic N) is 3. The van der Waals surface area contributed by atoms with Crippen LogP contribution in [0.25, 0.3) is 0 Å². The van der Waals surface area contributed by atoms with E-state index >= 15 is 0 Å². The van der Waals surface area contributed by atoms with Crippen LogP contribution in [0.15, 0.2) is 12.3 Å². The van der Waals surface area contributed by atoms with Gasteiger partial charge in [-0.25, -0.2) is 0 Å². The molecule has 1 aliphatic heterocycles. The number of hydrogen-bond acceptors (Lipinski definition) is 4. The number of nitrogens with one attached hydrogen (secondary N) is 1. The summed E-state index contributed by atoms with van der Waals surface area (Å²) in [5, 5.41) is 7.89. The van der Waals surface area contributed by atoms with Crippen LogP contribution in [0.3, 0.4) is 0 Å². The second-order valence-electron chi connectivity index (χ2n) is 5.97. The maximum Gasteiger partial charge on any atom is 0.152 e. The number of Topliss-reactive ketones (excluding diaryl/α,β-unsaturated/α-hetero) is 1. The molecule has 2 aliphatic rings. The maximum atomic E-state index is 12.1. The fraction of sp³-hybridized carbons (Fsp3) is 0.733. The summed E-state index contributed by atoms with van der Waals surface area (Å²) in [6, 6.07) is 2.57. The molecular formula is C15H24N4O. The van der Waals surface area contributed by atoms with Crippen LogP contribution < -0.4 is 5.32 Å². The summed E-state index contributed by atoms with van der Waals surface area (Å²) in [7, 11) is 0. The molecule has 0 spiro atoms. The smallest absolute Gasteiger partial charge is 0.152 e. The Labute approximate surface area is 120 Å². The summed E-state index contributed by atoms with van der Waals surface area (Å²) < 4.78 is 2.07. The Hall–Kier alpha value is -1.20. The highest BCUT2D eigenvalue weighted by molar-refractivity contribution is 5.82. The van der Waals surface area contributed by atoms with Crippen LogP contribution in [0.4, 0.5) is 0 Å². The number of carbonyl (C=O) groups is 1. The van der Waals surface area contributed by atoms with Crippen molar-refractivity contribution < 1.29 is 4.79 Å². The molecule has 1 saturated heterocycles. The standard InChI is InChI=1S/C15H24N4O/c20-15(12-18-9-6-16-7-10-18)11-13-5-8-19(17-13)14-3-1-2-4-14/h5,8,14,16H,1-4,6-7,9-12H2. The number of ketones is 1. The van der Waals surface area contributed by atoms with Gasteiger partial charge in [0.05, 0.1) is 24.7 Å². The molecule has 5 nitrogen and oxygen atoms in total. The Morgan fingerprint density at radius 1 is 1.30 bits per heavy atom. The Morgan fingerprint density at radius 2 is 2.05 bits per heavy atom. The number of hydrogen-bond donors (Lipinski definition) is 1. The van der Waals surface area contributed by atoms with Crippen LogP contribution >= 0.6 is 0 Å². The first-order valence-corrected chi connectivity index (χ1v) is 7.80. The lowest BCUT2D eigenvalue weighted by atomic mass is 10.2. The lowest BCUT2D eigenvalue weighted by molar-refractivity contribution is -0.119. The van der Waals surface area contributed by atoms with Crippen LogP contribution in [0, 0.1) is 0 Å². The topological polar surface area (TPSA) is 50.2 Å². The predicted molar refractivity (Wildman–Crippen MR) is 77.8 cm³/mol. The molecule has 5 heteroatoms. The van der Waals surface area contributed by atoms with Gasteiger partial charge in [0.1, 0.15) is 0 Å². The molecule has 0 radical (unpaired) electrons. The van der Waals surface area contributed by atoms with Gasteiger partial charge in [0, 0.05) is 32.4 Å². The van der Waals surface area contributed by atoms with E-state index in [1.165, 1.54) is 25.7 Å². The summed E-state index contributed by atoms with van der Waals surface area (Å²) >= 11 is 0. The van der Waals surface area contributed by atoms with E-state index in [1.807, 2.05) is 12.3 Å². The van der Waals surface area contributed by atoms with Crippen LogP contribution in [-0.2, 0) is 11.2 Å². The summed E-state index contributed by atoms with van der Waals surface area (Å²) in [4.78, 5) is 14.3. The molecule has 1 saturated carbocycles. The Bertz CT molecular complexity index is 444.